The van der Waals surface area contributed by atoms with Crippen LogP contribution in [0.15, 0.2) is 41.0 Å². The van der Waals surface area contributed by atoms with E-state index in [0.717, 1.165) is 11.1 Å². The lowest BCUT2D eigenvalue weighted by Gasteiger charge is -2.29. The van der Waals surface area contributed by atoms with E-state index in [4.69, 9.17) is 9.52 Å². The summed E-state index contributed by atoms with van der Waals surface area (Å²) in [5.41, 5.74) is 2.15. The number of carbonyl (C=O) groups excluding carboxylic acids is 2. The Labute approximate surface area is 144 Å². The molecule has 7 nitrogen and oxygen atoms in total. The van der Waals surface area contributed by atoms with Gasteiger partial charge in [0.05, 0.1) is 11.8 Å². The molecule has 1 aliphatic heterocycles. The van der Waals surface area contributed by atoms with Crippen molar-refractivity contribution in [3.05, 3.63) is 59.0 Å². The number of furan rings is 1. The first kappa shape index (κ1) is 16.8. The largest absolute Gasteiger partial charge is 0.478 e. The van der Waals surface area contributed by atoms with Gasteiger partial charge in [0, 0.05) is 26.1 Å². The quantitative estimate of drug-likeness (QED) is 0.861. The smallest absolute Gasteiger partial charge is 0.335 e. The molecule has 2 N–H and O–H groups in total. The van der Waals surface area contributed by atoms with Crippen molar-refractivity contribution in [1.82, 2.24) is 10.2 Å². The third-order valence-electron chi connectivity index (χ3n) is 4.19. The number of aromatic carboxylic acids is 1. The molecule has 0 atom stereocenters. The zero-order valence-electron chi connectivity index (χ0n) is 13.5. The van der Waals surface area contributed by atoms with Gasteiger partial charge in [-0.15, -0.1) is 0 Å². The highest BCUT2D eigenvalue weighted by atomic mass is 16.4. The molecular weight excluding hydrogens is 324 g/mol. The fraction of sp³-hybridized carbons (Fsp3) is 0.278. The summed E-state index contributed by atoms with van der Waals surface area (Å²) in [6.45, 7) is 1.20. The van der Waals surface area contributed by atoms with Crippen LogP contribution in [0.1, 0.15) is 38.5 Å². The first-order valence-electron chi connectivity index (χ1n) is 7.99. The number of nitrogens with one attached hydrogen (secondary N) is 1. The van der Waals surface area contributed by atoms with Crippen LogP contribution < -0.4 is 5.32 Å². The third-order valence-corrected chi connectivity index (χ3v) is 4.19. The van der Waals surface area contributed by atoms with E-state index in [2.05, 4.69) is 5.32 Å². The van der Waals surface area contributed by atoms with Gasteiger partial charge < -0.3 is 19.7 Å². The molecule has 0 bridgehead atoms. The molecule has 0 saturated heterocycles. The number of carboxylic acids is 1. The molecule has 0 radical (unpaired) electrons. The molecule has 3 rings (SSSR count). The SMILES string of the molecule is O=C(O)c1ccc2c(c1)CN(C(=O)CCNC(=O)c1ccco1)CC2. The van der Waals surface area contributed by atoms with E-state index in [1.54, 1.807) is 29.2 Å². The topological polar surface area (TPSA) is 99.9 Å². The highest BCUT2D eigenvalue weighted by Gasteiger charge is 2.21. The zero-order valence-corrected chi connectivity index (χ0v) is 13.5. The monoisotopic (exact) mass is 342 g/mol. The van der Waals surface area contributed by atoms with Gasteiger partial charge >= 0.3 is 5.97 Å². The maximum Gasteiger partial charge on any atom is 0.335 e. The molecule has 0 saturated carbocycles. The minimum Gasteiger partial charge on any atom is -0.478 e. The highest BCUT2D eigenvalue weighted by Crippen LogP contribution is 2.21. The Morgan fingerprint density at radius 1 is 1.20 bits per heavy atom. The van der Waals surface area contributed by atoms with Gasteiger partial charge in [-0.1, -0.05) is 6.07 Å². The molecule has 0 spiro atoms. The van der Waals surface area contributed by atoms with Crippen molar-refractivity contribution in [3.63, 3.8) is 0 Å². The maximum absolute atomic E-state index is 12.3. The van der Waals surface area contributed by atoms with Crippen molar-refractivity contribution in [2.24, 2.45) is 0 Å². The van der Waals surface area contributed by atoms with E-state index in [1.807, 2.05) is 6.07 Å². The summed E-state index contributed by atoms with van der Waals surface area (Å²) in [5, 5.41) is 11.7. The van der Waals surface area contributed by atoms with Gasteiger partial charge in [0.15, 0.2) is 5.76 Å². The van der Waals surface area contributed by atoms with Crippen LogP contribution in [-0.4, -0.2) is 40.9 Å². The van der Waals surface area contributed by atoms with E-state index < -0.39 is 5.97 Å². The van der Waals surface area contributed by atoms with E-state index >= 15 is 0 Å². The Hall–Kier alpha value is -3.09. The van der Waals surface area contributed by atoms with Gasteiger partial charge in [-0.3, -0.25) is 9.59 Å². The van der Waals surface area contributed by atoms with Crippen LogP contribution in [0.4, 0.5) is 0 Å². The van der Waals surface area contributed by atoms with E-state index in [-0.39, 0.29) is 36.1 Å². The first-order valence-corrected chi connectivity index (χ1v) is 7.99. The van der Waals surface area contributed by atoms with Crippen molar-refractivity contribution in [2.45, 2.75) is 19.4 Å². The van der Waals surface area contributed by atoms with E-state index in [1.165, 1.54) is 6.26 Å². The summed E-state index contributed by atoms with van der Waals surface area (Å²) in [6, 6.07) is 8.19. The van der Waals surface area contributed by atoms with Crippen molar-refractivity contribution >= 4 is 17.8 Å². The molecule has 0 unspecified atom stereocenters. The molecule has 1 aromatic heterocycles. The Kier molecular flexibility index (Phi) is 4.83. The summed E-state index contributed by atoms with van der Waals surface area (Å²) in [4.78, 5) is 36.8. The summed E-state index contributed by atoms with van der Waals surface area (Å²) in [7, 11) is 0. The van der Waals surface area contributed by atoms with Crippen LogP contribution in [-0.2, 0) is 17.8 Å². The van der Waals surface area contributed by atoms with E-state index in [9.17, 15) is 14.4 Å². The molecule has 1 aromatic carbocycles. The molecule has 1 aliphatic rings. The van der Waals surface area contributed by atoms with Crippen molar-refractivity contribution in [3.8, 4) is 0 Å². The molecule has 130 valence electrons. The summed E-state index contributed by atoms with van der Waals surface area (Å²) in [5.74, 6) is -1.20. The van der Waals surface area contributed by atoms with Gasteiger partial charge in [-0.2, -0.15) is 0 Å². The molecule has 2 heterocycles. The second-order valence-corrected chi connectivity index (χ2v) is 5.84. The predicted octanol–water partition coefficient (Wildman–Crippen LogP) is 1.68. The lowest BCUT2D eigenvalue weighted by molar-refractivity contribution is -0.131. The lowest BCUT2D eigenvalue weighted by Crippen LogP contribution is -2.38. The third kappa shape index (κ3) is 3.88. The molecule has 2 amide bonds. The second-order valence-electron chi connectivity index (χ2n) is 5.84. The fourth-order valence-electron chi connectivity index (χ4n) is 2.84. The van der Waals surface area contributed by atoms with Crippen LogP contribution in [0.25, 0.3) is 0 Å². The Balaban J connectivity index is 1.54. The number of carbonyl (C=O) groups is 3. The van der Waals surface area contributed by atoms with Gasteiger partial charge in [0.25, 0.3) is 5.91 Å². The molecule has 7 heteroatoms. The molecular formula is C18H18N2O5. The Morgan fingerprint density at radius 2 is 2.04 bits per heavy atom. The van der Waals surface area contributed by atoms with Gasteiger partial charge in [-0.05, 0) is 41.8 Å². The van der Waals surface area contributed by atoms with Crippen LogP contribution in [0, 0.1) is 0 Å². The standard InChI is InChI=1S/C18H18N2O5/c21-16(5-7-19-17(22)15-2-1-9-25-15)20-8-6-12-3-4-13(18(23)24)10-14(12)11-20/h1-4,9-10H,5-8,11H2,(H,19,22)(H,23,24). The summed E-state index contributed by atoms with van der Waals surface area (Å²) >= 11 is 0. The van der Waals surface area contributed by atoms with Crippen LogP contribution >= 0.6 is 0 Å². The van der Waals surface area contributed by atoms with Crippen LogP contribution in [0.3, 0.4) is 0 Å². The Bertz CT molecular complexity index is 798. The molecule has 2 aromatic rings. The molecule has 25 heavy (non-hydrogen) atoms. The average Bonchev–Trinajstić information content (AvgIpc) is 3.15. The predicted molar refractivity (Wildman–Crippen MR) is 88.2 cm³/mol. The number of hydrogen-bond donors (Lipinski definition) is 2. The minimum atomic E-state index is -0.980. The van der Waals surface area contributed by atoms with Gasteiger partial charge in [-0.25, -0.2) is 4.79 Å². The maximum atomic E-state index is 12.3. The van der Waals surface area contributed by atoms with Crippen molar-refractivity contribution in [1.29, 1.82) is 0 Å². The second kappa shape index (κ2) is 7.21. The highest BCUT2D eigenvalue weighted by molar-refractivity contribution is 5.91. The van der Waals surface area contributed by atoms with Crippen LogP contribution in [0.5, 0.6) is 0 Å². The first-order chi connectivity index (χ1) is 12.0. The zero-order chi connectivity index (χ0) is 17.8. The number of carboxylic acid groups (broad SMARTS) is 1. The molecule has 0 aliphatic carbocycles. The number of nitrogens with zero attached hydrogens (tertiary/aromatic N) is 1. The fourth-order valence-corrected chi connectivity index (χ4v) is 2.84. The number of benzene rings is 1. The number of rotatable bonds is 5. The number of amides is 2. The van der Waals surface area contributed by atoms with Gasteiger partial charge in [0.2, 0.25) is 5.91 Å². The minimum absolute atomic E-state index is 0.0777. The van der Waals surface area contributed by atoms with Crippen LogP contribution in [0.2, 0.25) is 0 Å². The summed E-state index contributed by atoms with van der Waals surface area (Å²) in [6.07, 6.45) is 2.29. The van der Waals surface area contributed by atoms with E-state index in [0.29, 0.717) is 19.5 Å². The Morgan fingerprint density at radius 3 is 2.76 bits per heavy atom. The number of hydrogen-bond acceptors (Lipinski definition) is 4. The average molecular weight is 342 g/mol. The number of fused-ring (bicyclic) bond motifs is 1. The van der Waals surface area contributed by atoms with Crippen molar-refractivity contribution in [2.75, 3.05) is 13.1 Å². The normalized spacial score (nSPS) is 13.2. The molecule has 0 fully saturated rings. The lowest BCUT2D eigenvalue weighted by atomic mass is 9.97. The van der Waals surface area contributed by atoms with Gasteiger partial charge in [0.1, 0.15) is 0 Å². The van der Waals surface area contributed by atoms with Crippen molar-refractivity contribution < 1.29 is 23.9 Å². The summed E-state index contributed by atoms with van der Waals surface area (Å²) < 4.78 is 4.98.